The van der Waals surface area contributed by atoms with Gasteiger partial charge in [-0.05, 0) is 66.7 Å². The predicted octanol–water partition coefficient (Wildman–Crippen LogP) is 4.06. The number of amidine groups is 1. The van der Waals surface area contributed by atoms with Crippen LogP contribution in [0, 0.1) is 11.2 Å². The van der Waals surface area contributed by atoms with E-state index < -0.39 is 5.97 Å². The first-order valence-electron chi connectivity index (χ1n) is 7.85. The van der Waals surface area contributed by atoms with Gasteiger partial charge in [0, 0.05) is 0 Å². The molecule has 0 radical (unpaired) electrons. The molecule has 5 nitrogen and oxygen atoms in total. The Hall–Kier alpha value is -2.93. The lowest BCUT2D eigenvalue weighted by Crippen LogP contribution is -2.28. The SMILES string of the molecule is CCOC(=O)c1ccc(N2C(=N)SC(=Cc3ccc(F)cc3)C2=O)cc1. The number of carbonyl (C=O) groups excluding carboxylic acids is 2. The highest BCUT2D eigenvalue weighted by molar-refractivity contribution is 8.19. The van der Waals surface area contributed by atoms with Crippen molar-refractivity contribution in [1.82, 2.24) is 0 Å². The molecule has 1 aliphatic rings. The van der Waals surface area contributed by atoms with E-state index in [1.807, 2.05) is 0 Å². The molecule has 0 spiro atoms. The van der Waals surface area contributed by atoms with Gasteiger partial charge in [0.2, 0.25) is 0 Å². The summed E-state index contributed by atoms with van der Waals surface area (Å²) in [6, 6.07) is 12.1. The van der Waals surface area contributed by atoms with E-state index in [0.717, 1.165) is 11.8 Å². The molecule has 3 rings (SSSR count). The molecule has 1 fully saturated rings. The predicted molar refractivity (Wildman–Crippen MR) is 99.6 cm³/mol. The molecule has 1 amide bonds. The van der Waals surface area contributed by atoms with Gasteiger partial charge in [0.1, 0.15) is 5.82 Å². The molecular formula is C19H15FN2O3S. The lowest BCUT2D eigenvalue weighted by atomic mass is 10.2. The summed E-state index contributed by atoms with van der Waals surface area (Å²) >= 11 is 1.03. The van der Waals surface area contributed by atoms with Gasteiger partial charge >= 0.3 is 5.97 Å². The lowest BCUT2D eigenvalue weighted by molar-refractivity contribution is -0.113. The fourth-order valence-corrected chi connectivity index (χ4v) is 3.25. The minimum Gasteiger partial charge on any atom is -0.462 e. The molecule has 2 aromatic rings. The summed E-state index contributed by atoms with van der Waals surface area (Å²) in [5, 5.41) is 8.15. The number of hydrogen-bond acceptors (Lipinski definition) is 5. The first-order valence-corrected chi connectivity index (χ1v) is 8.66. The highest BCUT2D eigenvalue weighted by Gasteiger charge is 2.33. The van der Waals surface area contributed by atoms with E-state index in [9.17, 15) is 14.0 Å². The van der Waals surface area contributed by atoms with Gasteiger partial charge in [0.15, 0.2) is 5.17 Å². The summed E-state index contributed by atoms with van der Waals surface area (Å²) in [6.45, 7) is 2.01. The number of halogens is 1. The number of anilines is 1. The van der Waals surface area contributed by atoms with Crippen LogP contribution in [0.4, 0.5) is 10.1 Å². The van der Waals surface area contributed by atoms with Gasteiger partial charge < -0.3 is 4.74 Å². The zero-order valence-electron chi connectivity index (χ0n) is 13.9. The van der Waals surface area contributed by atoms with Crippen molar-refractivity contribution in [3.05, 3.63) is 70.4 Å². The van der Waals surface area contributed by atoms with Gasteiger partial charge in [-0.15, -0.1) is 0 Å². The average molecular weight is 370 g/mol. The van der Waals surface area contributed by atoms with E-state index in [0.29, 0.717) is 21.7 Å². The van der Waals surface area contributed by atoms with E-state index in [2.05, 4.69) is 0 Å². The van der Waals surface area contributed by atoms with Crippen molar-refractivity contribution >= 4 is 40.6 Å². The Balaban J connectivity index is 1.83. The van der Waals surface area contributed by atoms with Crippen LogP contribution in [0.3, 0.4) is 0 Å². The second-order valence-electron chi connectivity index (χ2n) is 5.38. The van der Waals surface area contributed by atoms with Crippen molar-refractivity contribution in [1.29, 1.82) is 5.41 Å². The van der Waals surface area contributed by atoms with Crippen LogP contribution >= 0.6 is 11.8 Å². The first kappa shape index (κ1) is 17.9. The van der Waals surface area contributed by atoms with Crippen LogP contribution in [0.15, 0.2) is 53.4 Å². The summed E-state index contributed by atoms with van der Waals surface area (Å²) in [4.78, 5) is 26.0. The Kier molecular flexibility index (Phi) is 5.18. The fourth-order valence-electron chi connectivity index (χ4n) is 2.39. The number of amides is 1. The third kappa shape index (κ3) is 3.67. The van der Waals surface area contributed by atoms with Crippen LogP contribution < -0.4 is 4.90 Å². The van der Waals surface area contributed by atoms with Crippen molar-refractivity contribution in [3.63, 3.8) is 0 Å². The van der Waals surface area contributed by atoms with Crippen LogP contribution in [0.2, 0.25) is 0 Å². The number of ether oxygens (including phenoxy) is 1. The summed E-state index contributed by atoms with van der Waals surface area (Å²) in [6.07, 6.45) is 1.62. The lowest BCUT2D eigenvalue weighted by Gasteiger charge is -2.14. The van der Waals surface area contributed by atoms with Crippen LogP contribution in [0.5, 0.6) is 0 Å². The molecule has 0 saturated carbocycles. The van der Waals surface area contributed by atoms with Crippen LogP contribution in [0.25, 0.3) is 6.08 Å². The van der Waals surface area contributed by atoms with Crippen molar-refractivity contribution in [2.45, 2.75) is 6.92 Å². The first-order chi connectivity index (χ1) is 12.5. The maximum Gasteiger partial charge on any atom is 0.338 e. The number of rotatable bonds is 4. The minimum absolute atomic E-state index is 0.0623. The molecule has 0 atom stereocenters. The topological polar surface area (TPSA) is 70.5 Å². The van der Waals surface area contributed by atoms with Gasteiger partial charge in [-0.2, -0.15) is 0 Å². The number of hydrogen-bond donors (Lipinski definition) is 1. The van der Waals surface area contributed by atoms with E-state index in [-0.39, 0.29) is 23.5 Å². The van der Waals surface area contributed by atoms with Gasteiger partial charge in [0.25, 0.3) is 5.91 Å². The van der Waals surface area contributed by atoms with E-state index in [1.165, 1.54) is 17.0 Å². The molecule has 0 bridgehead atoms. The molecule has 26 heavy (non-hydrogen) atoms. The zero-order chi connectivity index (χ0) is 18.7. The van der Waals surface area contributed by atoms with E-state index in [4.69, 9.17) is 10.1 Å². The maximum atomic E-state index is 13.0. The second kappa shape index (κ2) is 7.53. The number of nitrogens with zero attached hydrogens (tertiary/aromatic N) is 1. The molecule has 7 heteroatoms. The Morgan fingerprint density at radius 3 is 2.46 bits per heavy atom. The molecule has 0 aliphatic carbocycles. The molecule has 2 aromatic carbocycles. The van der Waals surface area contributed by atoms with E-state index in [1.54, 1.807) is 49.4 Å². The quantitative estimate of drug-likeness (QED) is 0.651. The number of thioether (sulfide) groups is 1. The molecule has 0 unspecified atom stereocenters. The largest absolute Gasteiger partial charge is 0.462 e. The average Bonchev–Trinajstić information content (AvgIpc) is 2.91. The standard InChI is InChI=1S/C19H15FN2O3S/c1-2-25-18(24)13-5-9-15(10-6-13)22-17(23)16(26-19(22)21)11-12-3-7-14(20)8-4-12/h3-11,21H,2H2,1H3. The molecule has 132 valence electrons. The summed E-state index contributed by atoms with van der Waals surface area (Å²) in [7, 11) is 0. The Morgan fingerprint density at radius 2 is 1.85 bits per heavy atom. The van der Waals surface area contributed by atoms with Crippen molar-refractivity contribution in [2.24, 2.45) is 0 Å². The van der Waals surface area contributed by atoms with Crippen LogP contribution in [-0.4, -0.2) is 23.7 Å². The highest BCUT2D eigenvalue weighted by Crippen LogP contribution is 2.35. The Labute approximate surface area is 154 Å². The number of benzene rings is 2. The minimum atomic E-state index is -0.437. The number of esters is 1. The summed E-state index contributed by atoms with van der Waals surface area (Å²) < 4.78 is 17.9. The fraction of sp³-hybridized carbons (Fsp3) is 0.105. The Bertz CT molecular complexity index is 892. The number of nitrogens with one attached hydrogen (secondary N) is 1. The second-order valence-corrected chi connectivity index (χ2v) is 6.41. The molecule has 1 heterocycles. The third-order valence-electron chi connectivity index (χ3n) is 3.63. The summed E-state index contributed by atoms with van der Waals surface area (Å²) in [5.41, 5.74) is 1.54. The highest BCUT2D eigenvalue weighted by atomic mass is 32.2. The maximum absolute atomic E-state index is 13.0. The zero-order valence-corrected chi connectivity index (χ0v) is 14.7. The molecule has 1 saturated heterocycles. The Morgan fingerprint density at radius 1 is 1.19 bits per heavy atom. The van der Waals surface area contributed by atoms with Gasteiger partial charge in [-0.25, -0.2) is 9.18 Å². The normalized spacial score (nSPS) is 15.6. The molecule has 1 N–H and O–H groups in total. The third-order valence-corrected chi connectivity index (χ3v) is 4.52. The summed E-state index contributed by atoms with van der Waals surface area (Å²) in [5.74, 6) is -1.13. The van der Waals surface area contributed by atoms with Crippen molar-refractivity contribution < 1.29 is 18.7 Å². The number of carbonyl (C=O) groups is 2. The van der Waals surface area contributed by atoms with Gasteiger partial charge in [0.05, 0.1) is 22.8 Å². The van der Waals surface area contributed by atoms with Crippen LogP contribution in [-0.2, 0) is 9.53 Å². The monoisotopic (exact) mass is 370 g/mol. The van der Waals surface area contributed by atoms with E-state index >= 15 is 0 Å². The molecule has 0 aromatic heterocycles. The van der Waals surface area contributed by atoms with Gasteiger partial charge in [-0.3, -0.25) is 15.1 Å². The molecule has 1 aliphatic heterocycles. The van der Waals surface area contributed by atoms with Crippen LogP contribution in [0.1, 0.15) is 22.8 Å². The van der Waals surface area contributed by atoms with Gasteiger partial charge in [-0.1, -0.05) is 12.1 Å². The van der Waals surface area contributed by atoms with Crippen molar-refractivity contribution in [3.8, 4) is 0 Å². The molecular weight excluding hydrogens is 355 g/mol. The smallest absolute Gasteiger partial charge is 0.338 e. The van der Waals surface area contributed by atoms with Crippen molar-refractivity contribution in [2.75, 3.05) is 11.5 Å².